The summed E-state index contributed by atoms with van der Waals surface area (Å²) in [5.41, 5.74) is 8.87. The van der Waals surface area contributed by atoms with Gasteiger partial charge in [-0.05, 0) is 71.7 Å². The Morgan fingerprint density at radius 3 is 2.42 bits per heavy atom. The highest BCUT2D eigenvalue weighted by Crippen LogP contribution is 2.30. The number of halogens is 1. The van der Waals surface area contributed by atoms with Crippen LogP contribution >= 0.6 is 11.6 Å². The molecule has 33 heavy (non-hydrogen) atoms. The number of ether oxygens (including phenoxy) is 1. The molecule has 0 atom stereocenters. The Bertz CT molecular complexity index is 1140. The van der Waals surface area contributed by atoms with E-state index in [4.69, 9.17) is 22.1 Å². The highest BCUT2D eigenvalue weighted by molar-refractivity contribution is 6.32. The Hall–Kier alpha value is -3.64. The second-order valence-electron chi connectivity index (χ2n) is 7.69. The van der Waals surface area contributed by atoms with Gasteiger partial charge in [0.15, 0.2) is 5.78 Å². The standard InChI is InChI=1S/C26H26ClN3O3/c1-30(2)26(32)20-9-7-19(8-10-20)21-11-13-24(23(27)16-21)33-15-3-4-22(31)12-5-18-6-14-25(28)29-17-18/h5-14,16-17H,3-4,15H2,1-2H3,(H2,28,29)/b12-5+. The lowest BCUT2D eigenvalue weighted by Gasteiger charge is -2.12. The van der Waals surface area contributed by atoms with E-state index in [0.29, 0.717) is 41.6 Å². The van der Waals surface area contributed by atoms with Gasteiger partial charge in [0.25, 0.3) is 5.91 Å². The number of hydrogen-bond donors (Lipinski definition) is 1. The molecule has 1 amide bonds. The molecule has 3 aromatic rings. The normalized spacial score (nSPS) is 10.9. The molecule has 0 aliphatic rings. The van der Waals surface area contributed by atoms with E-state index in [2.05, 4.69) is 4.98 Å². The number of nitrogens with two attached hydrogens (primary N) is 1. The van der Waals surface area contributed by atoms with Crippen molar-refractivity contribution in [3.8, 4) is 16.9 Å². The van der Waals surface area contributed by atoms with Gasteiger partial charge in [-0.25, -0.2) is 4.98 Å². The van der Waals surface area contributed by atoms with Crippen LogP contribution in [-0.4, -0.2) is 42.3 Å². The molecule has 1 aromatic heterocycles. The maximum atomic E-state index is 12.0. The summed E-state index contributed by atoms with van der Waals surface area (Å²) in [5, 5.41) is 0.489. The van der Waals surface area contributed by atoms with Crippen molar-refractivity contribution in [2.45, 2.75) is 12.8 Å². The van der Waals surface area contributed by atoms with E-state index in [1.54, 1.807) is 55.5 Å². The van der Waals surface area contributed by atoms with E-state index >= 15 is 0 Å². The Balaban J connectivity index is 1.50. The number of nitrogens with zero attached hydrogens (tertiary/aromatic N) is 2. The lowest BCUT2D eigenvalue weighted by Crippen LogP contribution is -2.21. The van der Waals surface area contributed by atoms with E-state index < -0.39 is 0 Å². The fourth-order valence-electron chi connectivity index (χ4n) is 3.08. The molecule has 170 valence electrons. The van der Waals surface area contributed by atoms with Crippen molar-refractivity contribution in [2.24, 2.45) is 0 Å². The summed E-state index contributed by atoms with van der Waals surface area (Å²) in [7, 11) is 3.45. The SMILES string of the molecule is CN(C)C(=O)c1ccc(-c2ccc(OCCCC(=O)/C=C/c3ccc(N)nc3)c(Cl)c2)cc1. The van der Waals surface area contributed by atoms with Gasteiger partial charge in [-0.3, -0.25) is 9.59 Å². The predicted octanol–water partition coefficient (Wildman–Crippen LogP) is 5.13. The Morgan fingerprint density at radius 2 is 1.79 bits per heavy atom. The number of anilines is 1. The van der Waals surface area contributed by atoms with Gasteiger partial charge >= 0.3 is 0 Å². The van der Waals surface area contributed by atoms with Crippen LogP contribution in [0.15, 0.2) is 66.9 Å². The third-order valence-electron chi connectivity index (χ3n) is 4.90. The van der Waals surface area contributed by atoms with Crippen LogP contribution in [0.2, 0.25) is 5.02 Å². The number of carbonyl (C=O) groups is 2. The zero-order chi connectivity index (χ0) is 23.8. The maximum Gasteiger partial charge on any atom is 0.253 e. The van der Waals surface area contributed by atoms with Crippen molar-refractivity contribution in [1.82, 2.24) is 9.88 Å². The molecular weight excluding hydrogens is 438 g/mol. The zero-order valence-electron chi connectivity index (χ0n) is 18.6. The number of ketones is 1. The van der Waals surface area contributed by atoms with Gasteiger partial charge < -0.3 is 15.4 Å². The first-order valence-corrected chi connectivity index (χ1v) is 10.9. The summed E-state index contributed by atoms with van der Waals surface area (Å²) < 4.78 is 5.75. The van der Waals surface area contributed by atoms with Crippen LogP contribution in [0.3, 0.4) is 0 Å². The van der Waals surface area contributed by atoms with Gasteiger partial charge in [0.2, 0.25) is 0 Å². The number of aromatic nitrogens is 1. The average molecular weight is 464 g/mol. The van der Waals surface area contributed by atoms with Crippen molar-refractivity contribution in [3.05, 3.63) is 83.0 Å². The third-order valence-corrected chi connectivity index (χ3v) is 5.19. The van der Waals surface area contributed by atoms with Gasteiger partial charge in [-0.15, -0.1) is 0 Å². The number of pyridine rings is 1. The molecular formula is C26H26ClN3O3. The molecule has 0 fully saturated rings. The Kier molecular flexibility index (Phi) is 8.22. The molecule has 7 heteroatoms. The molecule has 0 radical (unpaired) electrons. The van der Waals surface area contributed by atoms with Gasteiger partial charge in [0.1, 0.15) is 11.6 Å². The van der Waals surface area contributed by atoms with Crippen molar-refractivity contribution in [3.63, 3.8) is 0 Å². The first kappa shape index (κ1) is 24.0. The van der Waals surface area contributed by atoms with Gasteiger partial charge in [-0.2, -0.15) is 0 Å². The van der Waals surface area contributed by atoms with Crippen LogP contribution in [0.1, 0.15) is 28.8 Å². The average Bonchev–Trinajstić information content (AvgIpc) is 2.81. The monoisotopic (exact) mass is 463 g/mol. The van der Waals surface area contributed by atoms with E-state index in [1.807, 2.05) is 30.3 Å². The molecule has 0 spiro atoms. The van der Waals surface area contributed by atoms with Crippen molar-refractivity contribution in [2.75, 3.05) is 26.4 Å². The topological polar surface area (TPSA) is 85.5 Å². The number of allylic oxidation sites excluding steroid dienone is 1. The van der Waals surface area contributed by atoms with E-state index in [1.165, 1.54) is 6.08 Å². The van der Waals surface area contributed by atoms with Gasteiger partial charge in [0, 0.05) is 32.3 Å². The summed E-state index contributed by atoms with van der Waals surface area (Å²) in [6.07, 6.45) is 5.81. The minimum atomic E-state index is -0.0421. The van der Waals surface area contributed by atoms with Crippen LogP contribution in [0.4, 0.5) is 5.82 Å². The molecule has 6 nitrogen and oxygen atoms in total. The molecule has 0 saturated carbocycles. The van der Waals surface area contributed by atoms with Crippen molar-refractivity contribution < 1.29 is 14.3 Å². The van der Waals surface area contributed by atoms with E-state index in [9.17, 15) is 9.59 Å². The third kappa shape index (κ3) is 6.92. The number of nitrogen functional groups attached to an aromatic ring is 1. The number of rotatable bonds is 9. The summed E-state index contributed by atoms with van der Waals surface area (Å²) in [4.78, 5) is 29.6. The molecule has 0 aliphatic heterocycles. The Labute approximate surface area is 198 Å². The second-order valence-corrected chi connectivity index (χ2v) is 8.10. The molecule has 2 N–H and O–H groups in total. The lowest BCUT2D eigenvalue weighted by atomic mass is 10.0. The van der Waals surface area contributed by atoms with Crippen LogP contribution in [0.5, 0.6) is 5.75 Å². The fraction of sp³-hybridized carbons (Fsp3) is 0.192. The summed E-state index contributed by atoms with van der Waals surface area (Å²) >= 11 is 6.39. The number of amides is 1. The highest BCUT2D eigenvalue weighted by atomic mass is 35.5. The summed E-state index contributed by atoms with van der Waals surface area (Å²) in [6.45, 7) is 0.378. The molecule has 0 saturated heterocycles. The van der Waals surface area contributed by atoms with Crippen LogP contribution in [0.25, 0.3) is 17.2 Å². The van der Waals surface area contributed by atoms with E-state index in [0.717, 1.165) is 16.7 Å². The van der Waals surface area contributed by atoms with Gasteiger partial charge in [0.05, 0.1) is 11.6 Å². The first-order valence-electron chi connectivity index (χ1n) is 10.5. The lowest BCUT2D eigenvalue weighted by molar-refractivity contribution is -0.114. The fourth-order valence-corrected chi connectivity index (χ4v) is 3.31. The van der Waals surface area contributed by atoms with Gasteiger partial charge in [-0.1, -0.05) is 29.8 Å². The molecule has 2 aromatic carbocycles. The van der Waals surface area contributed by atoms with Crippen LogP contribution in [0, 0.1) is 0 Å². The summed E-state index contributed by atoms with van der Waals surface area (Å²) in [6, 6.07) is 16.4. The second kappa shape index (κ2) is 11.3. The number of hydrogen-bond acceptors (Lipinski definition) is 5. The quantitative estimate of drug-likeness (QED) is 0.351. The Morgan fingerprint density at radius 1 is 1.06 bits per heavy atom. The molecule has 0 unspecified atom stereocenters. The predicted molar refractivity (Wildman–Crippen MR) is 132 cm³/mol. The minimum absolute atomic E-state index is 0.00747. The number of carbonyl (C=O) groups excluding carboxylic acids is 2. The molecule has 1 heterocycles. The number of benzene rings is 2. The van der Waals surface area contributed by atoms with Crippen LogP contribution < -0.4 is 10.5 Å². The highest BCUT2D eigenvalue weighted by Gasteiger charge is 2.09. The minimum Gasteiger partial charge on any atom is -0.492 e. The summed E-state index contributed by atoms with van der Waals surface area (Å²) in [5.74, 6) is 0.972. The largest absolute Gasteiger partial charge is 0.492 e. The molecule has 0 bridgehead atoms. The van der Waals surface area contributed by atoms with Crippen LogP contribution in [-0.2, 0) is 4.79 Å². The van der Waals surface area contributed by atoms with Crippen molar-refractivity contribution in [1.29, 1.82) is 0 Å². The zero-order valence-corrected chi connectivity index (χ0v) is 19.4. The first-order chi connectivity index (χ1) is 15.8. The maximum absolute atomic E-state index is 12.0. The van der Waals surface area contributed by atoms with E-state index in [-0.39, 0.29) is 11.7 Å². The molecule has 3 rings (SSSR count). The molecule has 0 aliphatic carbocycles. The smallest absolute Gasteiger partial charge is 0.253 e. The van der Waals surface area contributed by atoms with Crippen molar-refractivity contribution >= 4 is 35.2 Å².